The summed E-state index contributed by atoms with van der Waals surface area (Å²) >= 11 is 0. The first-order chi connectivity index (χ1) is 16.6. The number of anilines is 3. The molecule has 3 aromatic rings. The molecular formula is C28H28N2O4S. The molecule has 180 valence electrons. The van der Waals surface area contributed by atoms with Crippen LogP contribution in [0.5, 0.6) is 0 Å². The summed E-state index contributed by atoms with van der Waals surface area (Å²) < 4.78 is 33.2. The Morgan fingerprint density at radius 2 is 1.60 bits per heavy atom. The van der Waals surface area contributed by atoms with Crippen molar-refractivity contribution in [2.45, 2.75) is 37.1 Å². The highest BCUT2D eigenvalue weighted by atomic mass is 32.2. The van der Waals surface area contributed by atoms with Gasteiger partial charge < -0.3 is 4.90 Å². The van der Waals surface area contributed by atoms with E-state index in [1.807, 2.05) is 92.7 Å². The van der Waals surface area contributed by atoms with Gasteiger partial charge in [0.15, 0.2) is 0 Å². The maximum Gasteiger partial charge on any atom is 0.294 e. The van der Waals surface area contributed by atoms with Crippen molar-refractivity contribution in [1.82, 2.24) is 0 Å². The molecule has 1 aliphatic rings. The molecule has 1 atom stereocenters. The lowest BCUT2D eigenvalue weighted by molar-refractivity contribution is -0.116. The third-order valence-electron chi connectivity index (χ3n) is 6.28. The quantitative estimate of drug-likeness (QED) is 0.348. The van der Waals surface area contributed by atoms with Gasteiger partial charge in [-0.15, -0.1) is 0 Å². The molecule has 4 rings (SSSR count). The molecule has 35 heavy (non-hydrogen) atoms. The van der Waals surface area contributed by atoms with Gasteiger partial charge in [-0.3, -0.25) is 14.2 Å². The van der Waals surface area contributed by atoms with E-state index in [4.69, 9.17) is 0 Å². The summed E-state index contributed by atoms with van der Waals surface area (Å²) in [6.07, 6.45) is 7.49. The highest BCUT2D eigenvalue weighted by Crippen LogP contribution is 2.49. The Kier molecular flexibility index (Phi) is 6.65. The third-order valence-corrected chi connectivity index (χ3v) is 7.13. The van der Waals surface area contributed by atoms with Crippen LogP contribution in [0.25, 0.3) is 0 Å². The predicted molar refractivity (Wildman–Crippen MR) is 140 cm³/mol. The molecule has 6 nitrogen and oxygen atoms in total. The number of amides is 1. The van der Waals surface area contributed by atoms with Crippen LogP contribution in [0.15, 0.2) is 108 Å². The number of para-hydroxylation sites is 2. The summed E-state index contributed by atoms with van der Waals surface area (Å²) in [6.45, 7) is 5.61. The first-order valence-electron chi connectivity index (χ1n) is 11.3. The van der Waals surface area contributed by atoms with Gasteiger partial charge in [-0.25, -0.2) is 0 Å². The molecule has 0 bridgehead atoms. The van der Waals surface area contributed by atoms with Crippen molar-refractivity contribution >= 4 is 33.1 Å². The van der Waals surface area contributed by atoms with Crippen molar-refractivity contribution in [2.75, 3.05) is 9.80 Å². The van der Waals surface area contributed by atoms with Gasteiger partial charge in [-0.05, 0) is 54.1 Å². The van der Waals surface area contributed by atoms with Crippen LogP contribution in [0.4, 0.5) is 17.1 Å². The van der Waals surface area contributed by atoms with Gasteiger partial charge in [-0.2, -0.15) is 8.42 Å². The minimum atomic E-state index is -4.32. The normalized spacial score (nSPS) is 17.1. The van der Waals surface area contributed by atoms with Gasteiger partial charge in [0.05, 0.1) is 10.9 Å². The first-order valence-corrected chi connectivity index (χ1v) is 12.7. The Morgan fingerprint density at radius 1 is 0.971 bits per heavy atom. The maximum atomic E-state index is 12.2. The van der Waals surface area contributed by atoms with Crippen LogP contribution in [0.1, 0.15) is 26.3 Å². The number of benzene rings is 3. The highest BCUT2D eigenvalue weighted by Gasteiger charge is 2.44. The predicted octanol–water partition coefficient (Wildman–Crippen LogP) is 5.85. The molecule has 0 aromatic heterocycles. The first kappa shape index (κ1) is 24.4. The van der Waals surface area contributed by atoms with Crippen molar-refractivity contribution in [1.29, 1.82) is 0 Å². The van der Waals surface area contributed by atoms with Crippen LogP contribution in [-0.2, 0) is 20.3 Å². The highest BCUT2D eigenvalue weighted by molar-refractivity contribution is 7.85. The zero-order valence-electron chi connectivity index (χ0n) is 19.9. The summed E-state index contributed by atoms with van der Waals surface area (Å²) in [5.41, 5.74) is 2.97. The smallest absolute Gasteiger partial charge is 0.294 e. The van der Waals surface area contributed by atoms with Crippen LogP contribution < -0.4 is 9.80 Å². The Morgan fingerprint density at radius 3 is 2.20 bits per heavy atom. The zero-order chi connectivity index (χ0) is 25.2. The minimum Gasteiger partial charge on any atom is -0.333 e. The van der Waals surface area contributed by atoms with Gasteiger partial charge in [0, 0.05) is 35.6 Å². The SMILES string of the molecule is CC(=O)N(C=CC=CC1N(c2ccccc2)c2ccc(S(=O)(=O)O)cc2C1(C)C)c1ccccc1. The van der Waals surface area contributed by atoms with Crippen molar-refractivity contribution in [2.24, 2.45) is 0 Å². The van der Waals surface area contributed by atoms with E-state index in [0.717, 1.165) is 22.6 Å². The van der Waals surface area contributed by atoms with E-state index in [0.29, 0.717) is 0 Å². The van der Waals surface area contributed by atoms with Gasteiger partial charge >= 0.3 is 0 Å². The molecule has 1 heterocycles. The molecule has 0 aliphatic carbocycles. The second-order valence-corrected chi connectivity index (χ2v) is 10.4. The number of hydrogen-bond donors (Lipinski definition) is 1. The molecular weight excluding hydrogens is 460 g/mol. The second-order valence-electron chi connectivity index (χ2n) is 8.98. The molecule has 0 radical (unpaired) electrons. The van der Waals surface area contributed by atoms with E-state index < -0.39 is 15.5 Å². The minimum absolute atomic E-state index is 0.0990. The molecule has 0 spiro atoms. The van der Waals surface area contributed by atoms with Gasteiger partial charge in [0.1, 0.15) is 0 Å². The van der Waals surface area contributed by atoms with Crippen LogP contribution >= 0.6 is 0 Å². The molecule has 0 fully saturated rings. The lowest BCUT2D eigenvalue weighted by Gasteiger charge is -2.32. The number of fused-ring (bicyclic) bond motifs is 1. The number of hydrogen-bond acceptors (Lipinski definition) is 4. The Hall–Kier alpha value is -3.68. The van der Waals surface area contributed by atoms with E-state index in [1.54, 1.807) is 23.2 Å². The molecule has 0 saturated carbocycles. The van der Waals surface area contributed by atoms with Crippen molar-refractivity contribution in [3.05, 3.63) is 109 Å². The van der Waals surface area contributed by atoms with E-state index in [9.17, 15) is 17.8 Å². The maximum absolute atomic E-state index is 12.2. The van der Waals surface area contributed by atoms with E-state index in [-0.39, 0.29) is 16.8 Å². The zero-order valence-corrected chi connectivity index (χ0v) is 20.7. The molecule has 1 N–H and O–H groups in total. The van der Waals surface area contributed by atoms with Crippen LogP contribution in [0.2, 0.25) is 0 Å². The molecule has 3 aromatic carbocycles. The second kappa shape index (κ2) is 9.52. The van der Waals surface area contributed by atoms with Crippen molar-refractivity contribution in [3.8, 4) is 0 Å². The topological polar surface area (TPSA) is 77.9 Å². The number of allylic oxidation sites excluding steroid dienone is 2. The van der Waals surface area contributed by atoms with Crippen molar-refractivity contribution < 1.29 is 17.8 Å². The van der Waals surface area contributed by atoms with E-state index in [2.05, 4.69) is 4.90 Å². The number of nitrogens with zero attached hydrogens (tertiary/aromatic N) is 2. The number of carbonyl (C=O) groups is 1. The Labute approximate surface area is 206 Å². The lowest BCUT2D eigenvalue weighted by atomic mass is 9.80. The average Bonchev–Trinajstić information content (AvgIpc) is 3.05. The monoisotopic (exact) mass is 488 g/mol. The third kappa shape index (κ3) is 4.92. The Bertz CT molecular complexity index is 1380. The summed E-state index contributed by atoms with van der Waals surface area (Å²) in [6, 6.07) is 23.8. The molecule has 1 aliphatic heterocycles. The largest absolute Gasteiger partial charge is 0.333 e. The van der Waals surface area contributed by atoms with Gasteiger partial charge in [0.2, 0.25) is 5.91 Å². The summed E-state index contributed by atoms with van der Waals surface area (Å²) in [5, 5.41) is 0. The molecule has 1 amide bonds. The van der Waals surface area contributed by atoms with Crippen LogP contribution in [-0.4, -0.2) is 24.9 Å². The van der Waals surface area contributed by atoms with Gasteiger partial charge in [-0.1, -0.05) is 62.4 Å². The fourth-order valence-electron chi connectivity index (χ4n) is 4.52. The van der Waals surface area contributed by atoms with Crippen LogP contribution in [0, 0.1) is 0 Å². The lowest BCUT2D eigenvalue weighted by Crippen LogP contribution is -2.37. The fraction of sp³-hybridized carbons (Fsp3) is 0.179. The summed E-state index contributed by atoms with van der Waals surface area (Å²) in [5.74, 6) is -0.0990. The Balaban J connectivity index is 1.72. The van der Waals surface area contributed by atoms with E-state index in [1.165, 1.54) is 13.0 Å². The summed E-state index contributed by atoms with van der Waals surface area (Å²) in [7, 11) is -4.32. The molecule has 0 saturated heterocycles. The average molecular weight is 489 g/mol. The molecule has 1 unspecified atom stereocenters. The standard InChI is InChI=1S/C28H28N2O4S/c1-21(31)29(22-12-6-4-7-13-22)19-11-10-16-27-28(2,3)25-20-24(35(32,33)34)17-18-26(25)30(27)23-14-8-5-9-15-23/h4-20,27H,1-3H3,(H,32,33,34). The number of rotatable bonds is 6. The van der Waals surface area contributed by atoms with Crippen molar-refractivity contribution in [3.63, 3.8) is 0 Å². The number of carbonyl (C=O) groups excluding carboxylic acids is 1. The van der Waals surface area contributed by atoms with E-state index >= 15 is 0 Å². The fourth-order valence-corrected chi connectivity index (χ4v) is 5.02. The summed E-state index contributed by atoms with van der Waals surface area (Å²) in [4.78, 5) is 15.8. The van der Waals surface area contributed by atoms with Gasteiger partial charge in [0.25, 0.3) is 10.1 Å². The van der Waals surface area contributed by atoms with Crippen LogP contribution in [0.3, 0.4) is 0 Å². The molecule has 7 heteroatoms.